The topological polar surface area (TPSA) is 44.1 Å². The van der Waals surface area contributed by atoms with Gasteiger partial charge in [0.05, 0.1) is 6.10 Å². The Kier molecular flexibility index (Phi) is 6.46. The van der Waals surface area contributed by atoms with E-state index in [1.807, 2.05) is 13.8 Å². The second kappa shape index (κ2) is 6.77. The number of nitrogens with one attached hydrogen (secondary N) is 1. The normalized spacial score (nSPS) is 14.9. The Morgan fingerprint density at radius 2 is 1.93 bits per heavy atom. The van der Waals surface area contributed by atoms with E-state index in [4.69, 9.17) is 5.41 Å². The van der Waals surface area contributed by atoms with E-state index in [0.717, 1.165) is 37.0 Å². The summed E-state index contributed by atoms with van der Waals surface area (Å²) in [5.74, 6) is 0.290. The monoisotopic (exact) mass is 197 g/mol. The Morgan fingerprint density at radius 1 is 1.36 bits per heavy atom. The first-order valence-corrected chi connectivity index (χ1v) is 5.32. The van der Waals surface area contributed by atoms with Gasteiger partial charge in [0.25, 0.3) is 0 Å². The first-order chi connectivity index (χ1) is 6.45. The van der Waals surface area contributed by atoms with Crippen LogP contribution in [0.15, 0.2) is 12.2 Å². The van der Waals surface area contributed by atoms with E-state index in [1.54, 1.807) is 0 Å². The molecule has 0 spiro atoms. The lowest BCUT2D eigenvalue weighted by atomic mass is 9.93. The first kappa shape index (κ1) is 13.4. The van der Waals surface area contributed by atoms with Crippen molar-refractivity contribution in [1.29, 1.82) is 5.41 Å². The number of unbranched alkanes of at least 4 members (excludes halogenated alkanes) is 1. The fraction of sp³-hybridized carbons (Fsp3) is 0.750. The highest BCUT2D eigenvalue weighted by atomic mass is 16.3. The molecule has 0 amide bonds. The third-order valence-corrected chi connectivity index (χ3v) is 2.51. The Balaban J connectivity index is 3.58. The molecule has 0 aliphatic carbocycles. The molecule has 0 bridgehead atoms. The number of aliphatic hydroxyl groups is 1. The van der Waals surface area contributed by atoms with Crippen LogP contribution in [-0.4, -0.2) is 16.9 Å². The SMILES string of the molecule is C=C(C)[C@@H](O)[C@@H](C)CCCCC(C)=N. The van der Waals surface area contributed by atoms with Crippen molar-refractivity contribution < 1.29 is 5.11 Å². The molecule has 2 heteroatoms. The molecule has 2 atom stereocenters. The molecule has 0 rings (SSSR count). The van der Waals surface area contributed by atoms with E-state index in [9.17, 15) is 5.11 Å². The highest BCUT2D eigenvalue weighted by molar-refractivity contribution is 5.78. The van der Waals surface area contributed by atoms with E-state index < -0.39 is 0 Å². The van der Waals surface area contributed by atoms with E-state index in [0.29, 0.717) is 5.92 Å². The molecule has 0 aromatic rings. The molecule has 0 radical (unpaired) electrons. The summed E-state index contributed by atoms with van der Waals surface area (Å²) in [7, 11) is 0. The molecule has 0 saturated carbocycles. The van der Waals surface area contributed by atoms with Gasteiger partial charge in [-0.2, -0.15) is 0 Å². The second-order valence-electron chi connectivity index (χ2n) is 4.29. The molecular weight excluding hydrogens is 174 g/mol. The number of rotatable bonds is 7. The lowest BCUT2D eigenvalue weighted by Crippen LogP contribution is -2.18. The summed E-state index contributed by atoms with van der Waals surface area (Å²) in [4.78, 5) is 0. The zero-order chi connectivity index (χ0) is 11.1. The minimum Gasteiger partial charge on any atom is -0.389 e. The van der Waals surface area contributed by atoms with Crippen LogP contribution in [0.4, 0.5) is 0 Å². The molecule has 0 fully saturated rings. The fourth-order valence-corrected chi connectivity index (χ4v) is 1.50. The molecule has 0 aliphatic rings. The van der Waals surface area contributed by atoms with Crippen LogP contribution in [0, 0.1) is 11.3 Å². The minimum absolute atomic E-state index is 0.290. The van der Waals surface area contributed by atoms with Gasteiger partial charge in [0, 0.05) is 5.71 Å². The van der Waals surface area contributed by atoms with Crippen LogP contribution in [0.2, 0.25) is 0 Å². The highest BCUT2D eigenvalue weighted by Crippen LogP contribution is 2.17. The average molecular weight is 197 g/mol. The summed E-state index contributed by atoms with van der Waals surface area (Å²) in [6.45, 7) is 9.50. The zero-order valence-electron chi connectivity index (χ0n) is 9.64. The highest BCUT2D eigenvalue weighted by Gasteiger charge is 2.13. The summed E-state index contributed by atoms with van der Waals surface area (Å²) >= 11 is 0. The van der Waals surface area contributed by atoms with Gasteiger partial charge in [0.2, 0.25) is 0 Å². The number of hydrogen-bond acceptors (Lipinski definition) is 2. The standard InChI is InChI=1S/C12H23NO/c1-9(2)12(14)10(3)7-5-6-8-11(4)13/h10,12-14H,1,5-8H2,2-4H3/t10-,12+/m0/s1. The van der Waals surface area contributed by atoms with Crippen LogP contribution < -0.4 is 0 Å². The summed E-state index contributed by atoms with van der Waals surface area (Å²) in [6.07, 6.45) is 3.68. The quantitative estimate of drug-likeness (QED) is 0.367. The van der Waals surface area contributed by atoms with Gasteiger partial charge in [-0.25, -0.2) is 0 Å². The molecule has 82 valence electrons. The number of hydrogen-bond donors (Lipinski definition) is 2. The van der Waals surface area contributed by atoms with Crippen molar-refractivity contribution in [2.45, 2.75) is 52.6 Å². The fourth-order valence-electron chi connectivity index (χ4n) is 1.50. The lowest BCUT2D eigenvalue weighted by molar-refractivity contribution is 0.144. The predicted octanol–water partition coefficient (Wildman–Crippen LogP) is 3.16. The van der Waals surface area contributed by atoms with E-state index >= 15 is 0 Å². The van der Waals surface area contributed by atoms with Gasteiger partial charge in [-0.05, 0) is 39.0 Å². The van der Waals surface area contributed by atoms with Crippen LogP contribution in [0.5, 0.6) is 0 Å². The summed E-state index contributed by atoms with van der Waals surface area (Å²) < 4.78 is 0. The van der Waals surface area contributed by atoms with E-state index in [2.05, 4.69) is 13.5 Å². The smallest absolute Gasteiger partial charge is 0.0770 e. The van der Waals surface area contributed by atoms with Gasteiger partial charge in [0.15, 0.2) is 0 Å². The maximum absolute atomic E-state index is 9.66. The van der Waals surface area contributed by atoms with Crippen molar-refractivity contribution in [2.75, 3.05) is 0 Å². The molecule has 0 aliphatic heterocycles. The van der Waals surface area contributed by atoms with Gasteiger partial charge in [-0.3, -0.25) is 0 Å². The zero-order valence-corrected chi connectivity index (χ0v) is 9.64. The van der Waals surface area contributed by atoms with Crippen LogP contribution in [0.25, 0.3) is 0 Å². The Bertz CT molecular complexity index is 198. The molecule has 0 unspecified atom stereocenters. The van der Waals surface area contributed by atoms with Gasteiger partial charge in [0.1, 0.15) is 0 Å². The van der Waals surface area contributed by atoms with E-state index in [-0.39, 0.29) is 6.10 Å². The molecule has 0 saturated heterocycles. The maximum Gasteiger partial charge on any atom is 0.0770 e. The van der Waals surface area contributed by atoms with Crippen LogP contribution >= 0.6 is 0 Å². The summed E-state index contributed by atoms with van der Waals surface area (Å²) in [5, 5.41) is 16.9. The molecule has 0 aromatic carbocycles. The minimum atomic E-state index is -0.365. The van der Waals surface area contributed by atoms with Crippen LogP contribution in [0.1, 0.15) is 46.5 Å². The Labute approximate surface area is 87.5 Å². The summed E-state index contributed by atoms with van der Waals surface area (Å²) in [5.41, 5.74) is 1.60. The average Bonchev–Trinajstić information content (AvgIpc) is 2.10. The van der Waals surface area contributed by atoms with Crippen molar-refractivity contribution in [1.82, 2.24) is 0 Å². The van der Waals surface area contributed by atoms with Gasteiger partial charge >= 0.3 is 0 Å². The third-order valence-electron chi connectivity index (χ3n) is 2.51. The van der Waals surface area contributed by atoms with Crippen LogP contribution in [0.3, 0.4) is 0 Å². The first-order valence-electron chi connectivity index (χ1n) is 5.32. The van der Waals surface area contributed by atoms with E-state index in [1.165, 1.54) is 0 Å². The van der Waals surface area contributed by atoms with Crippen LogP contribution in [-0.2, 0) is 0 Å². The molecule has 2 nitrogen and oxygen atoms in total. The Hall–Kier alpha value is -0.630. The van der Waals surface area contributed by atoms with Crippen molar-refractivity contribution in [3.05, 3.63) is 12.2 Å². The molecule has 2 N–H and O–H groups in total. The van der Waals surface area contributed by atoms with Gasteiger partial charge in [-0.15, -0.1) is 0 Å². The molecule has 0 heterocycles. The maximum atomic E-state index is 9.66. The summed E-state index contributed by atoms with van der Waals surface area (Å²) in [6, 6.07) is 0. The lowest BCUT2D eigenvalue weighted by Gasteiger charge is -2.18. The Morgan fingerprint density at radius 3 is 2.36 bits per heavy atom. The van der Waals surface area contributed by atoms with Crippen molar-refractivity contribution in [3.8, 4) is 0 Å². The molecule has 14 heavy (non-hydrogen) atoms. The second-order valence-corrected chi connectivity index (χ2v) is 4.29. The molecule has 0 aromatic heterocycles. The van der Waals surface area contributed by atoms with Crippen molar-refractivity contribution in [3.63, 3.8) is 0 Å². The van der Waals surface area contributed by atoms with Crippen molar-refractivity contribution >= 4 is 5.71 Å². The molecular formula is C12H23NO. The predicted molar refractivity (Wildman–Crippen MR) is 61.9 cm³/mol. The van der Waals surface area contributed by atoms with Gasteiger partial charge in [-0.1, -0.05) is 25.5 Å². The third kappa shape index (κ3) is 5.92. The van der Waals surface area contributed by atoms with Gasteiger partial charge < -0.3 is 10.5 Å². The van der Waals surface area contributed by atoms with Crippen molar-refractivity contribution in [2.24, 2.45) is 5.92 Å². The largest absolute Gasteiger partial charge is 0.389 e. The number of aliphatic hydroxyl groups excluding tert-OH is 1.